The van der Waals surface area contributed by atoms with E-state index in [9.17, 15) is 0 Å². The van der Waals surface area contributed by atoms with Crippen molar-refractivity contribution in [1.29, 1.82) is 0 Å². The summed E-state index contributed by atoms with van der Waals surface area (Å²) in [5, 5.41) is 0. The van der Waals surface area contributed by atoms with Gasteiger partial charge in [-0.1, -0.05) is 0 Å². The van der Waals surface area contributed by atoms with E-state index < -0.39 is 13.4 Å². The smallest absolute Gasteiger partial charge is 0 e. The molecule has 4 nitrogen and oxygen atoms in total. The molecule has 0 amide bonds. The summed E-state index contributed by atoms with van der Waals surface area (Å²) in [5.41, 5.74) is 0. The standard InChI is InChI=1S/H2O4Se.Ti/c1-5(2,3)4;/h(H2,1,2,3,4);. The Labute approximate surface area is 51.3 Å². The molecule has 0 fully saturated rings. The van der Waals surface area contributed by atoms with Gasteiger partial charge in [-0.05, 0) is 0 Å². The van der Waals surface area contributed by atoms with Gasteiger partial charge in [-0.3, -0.25) is 0 Å². The monoisotopic (exact) mass is 194 g/mol. The average molecular weight is 193 g/mol. The van der Waals surface area contributed by atoms with Gasteiger partial charge in [-0.15, -0.1) is 0 Å². The van der Waals surface area contributed by atoms with Crippen LogP contribution in [0.25, 0.3) is 0 Å². The zero-order valence-corrected chi connectivity index (χ0v) is 5.89. The fraction of sp³-hybridized carbons (Fsp3) is 0. The molecule has 0 aliphatic rings. The molecule has 2 N–H and O–H groups in total. The van der Waals surface area contributed by atoms with Gasteiger partial charge in [0.2, 0.25) is 0 Å². The van der Waals surface area contributed by atoms with Crippen LogP contribution in [0.3, 0.4) is 0 Å². The molecule has 0 spiro atoms. The Bertz CT molecular complexity index is 90.7. The summed E-state index contributed by atoms with van der Waals surface area (Å²) in [5.74, 6) is 0. The summed E-state index contributed by atoms with van der Waals surface area (Å²) in [6, 6.07) is 0. The van der Waals surface area contributed by atoms with Crippen molar-refractivity contribution in [1.82, 2.24) is 0 Å². The molecule has 0 aromatic heterocycles. The molecule has 0 heterocycles. The molecule has 6 heavy (non-hydrogen) atoms. The molecule has 0 bridgehead atoms. The number of rotatable bonds is 0. The maximum absolute atomic E-state index is 8.82. The van der Waals surface area contributed by atoms with Crippen molar-refractivity contribution in [2.24, 2.45) is 0 Å². The van der Waals surface area contributed by atoms with Crippen LogP contribution in [0.4, 0.5) is 0 Å². The Hall–Kier alpha value is 0.754. The van der Waals surface area contributed by atoms with E-state index in [-0.39, 0.29) is 21.7 Å². The van der Waals surface area contributed by atoms with Gasteiger partial charge in [0.05, 0.1) is 0 Å². The van der Waals surface area contributed by atoms with Crippen LogP contribution in [-0.4, -0.2) is 21.7 Å². The van der Waals surface area contributed by atoms with Crippen molar-refractivity contribution < 1.29 is 37.8 Å². The first-order chi connectivity index (χ1) is 2.00. The van der Waals surface area contributed by atoms with E-state index in [4.69, 9.17) is 16.0 Å². The molecule has 0 unspecified atom stereocenters. The predicted octanol–water partition coefficient (Wildman–Crippen LogP) is -1.73. The molecule has 0 radical (unpaired) electrons. The van der Waals surface area contributed by atoms with Crippen molar-refractivity contribution >= 4 is 13.4 Å². The van der Waals surface area contributed by atoms with Crippen molar-refractivity contribution in [3.8, 4) is 0 Å². The zero-order valence-electron chi connectivity index (χ0n) is 2.62. The second kappa shape index (κ2) is 2.85. The summed E-state index contributed by atoms with van der Waals surface area (Å²) < 4.78 is 31.9. The van der Waals surface area contributed by atoms with E-state index in [1.54, 1.807) is 0 Å². The van der Waals surface area contributed by atoms with Gasteiger partial charge in [0.1, 0.15) is 0 Å². The third kappa shape index (κ3) is 118. The third-order valence-electron chi connectivity index (χ3n) is 0. The van der Waals surface area contributed by atoms with E-state index >= 15 is 0 Å². The van der Waals surface area contributed by atoms with E-state index in [1.165, 1.54) is 0 Å². The van der Waals surface area contributed by atoms with Crippen LogP contribution in [-0.2, 0) is 29.4 Å². The third-order valence-corrected chi connectivity index (χ3v) is 0. The Morgan fingerprint density at radius 3 is 1.17 bits per heavy atom. The van der Waals surface area contributed by atoms with Gasteiger partial charge in [0.15, 0.2) is 0 Å². The zero-order chi connectivity index (χ0) is 4.50. The first-order valence-corrected chi connectivity index (χ1v) is 3.63. The molecule has 0 aliphatic carbocycles. The van der Waals surface area contributed by atoms with Gasteiger partial charge in [0, 0.05) is 21.7 Å². The van der Waals surface area contributed by atoms with Crippen molar-refractivity contribution in [3.05, 3.63) is 0 Å². The van der Waals surface area contributed by atoms with Crippen molar-refractivity contribution in [2.75, 3.05) is 0 Å². The second-order valence-electron chi connectivity index (χ2n) is 0.448. The minimum absolute atomic E-state index is 0. The summed E-state index contributed by atoms with van der Waals surface area (Å²) in [6.45, 7) is 0. The molecule has 0 aromatic rings. The molecule has 0 saturated carbocycles. The van der Waals surface area contributed by atoms with E-state index in [1.807, 2.05) is 0 Å². The predicted molar refractivity (Wildman–Crippen MR) is 11.6 cm³/mol. The van der Waals surface area contributed by atoms with Crippen LogP contribution >= 0.6 is 0 Å². The Morgan fingerprint density at radius 1 is 1.17 bits per heavy atom. The summed E-state index contributed by atoms with van der Waals surface area (Å²) >= 11 is -5.25. The molecule has 0 atom stereocenters. The number of hydrogen-bond donors (Lipinski definition) is 2. The van der Waals surface area contributed by atoms with E-state index in [2.05, 4.69) is 0 Å². The topological polar surface area (TPSA) is 74.6 Å². The van der Waals surface area contributed by atoms with Crippen molar-refractivity contribution in [2.45, 2.75) is 0 Å². The van der Waals surface area contributed by atoms with Gasteiger partial charge >= 0.3 is 29.4 Å². The summed E-state index contributed by atoms with van der Waals surface area (Å²) in [6.07, 6.45) is 0. The summed E-state index contributed by atoms with van der Waals surface area (Å²) in [7, 11) is 0. The van der Waals surface area contributed by atoms with Crippen LogP contribution in [0, 0.1) is 0 Å². The van der Waals surface area contributed by atoms with Gasteiger partial charge in [0.25, 0.3) is 0 Å². The van der Waals surface area contributed by atoms with Gasteiger partial charge < -0.3 is 0 Å². The maximum atomic E-state index is 8.82. The molecular formula is H2O4SeTi. The Morgan fingerprint density at radius 2 is 1.17 bits per heavy atom. The Kier molecular flexibility index (Phi) is 4.70. The average Bonchev–Trinajstić information content (AvgIpc) is 0.722. The van der Waals surface area contributed by atoms with Gasteiger partial charge in [-0.25, -0.2) is 0 Å². The second-order valence-corrected chi connectivity index (χ2v) is 2.33. The van der Waals surface area contributed by atoms with E-state index in [0.717, 1.165) is 0 Å². The fourth-order valence-electron chi connectivity index (χ4n) is 0. The summed E-state index contributed by atoms with van der Waals surface area (Å²) in [4.78, 5) is 0. The molecule has 6 heteroatoms. The molecule has 0 saturated heterocycles. The minimum Gasteiger partial charge on any atom is 0 e. The number of hydrogen-bond acceptors (Lipinski definition) is 2. The Balaban J connectivity index is 0. The van der Waals surface area contributed by atoms with Crippen LogP contribution in [0.2, 0.25) is 0 Å². The molecule has 0 rings (SSSR count). The van der Waals surface area contributed by atoms with Crippen LogP contribution in [0.15, 0.2) is 0 Å². The molecule has 0 aliphatic heterocycles. The normalized spacial score (nSPS) is 9.67. The van der Waals surface area contributed by atoms with E-state index in [0.29, 0.717) is 0 Å². The SMILES string of the molecule is O=[Se](=O)(O)O.[Ti]. The van der Waals surface area contributed by atoms with Gasteiger partial charge in [-0.2, -0.15) is 0 Å². The largest absolute Gasteiger partial charge is 0 e. The fourth-order valence-corrected chi connectivity index (χ4v) is 0. The molecule has 36 valence electrons. The van der Waals surface area contributed by atoms with Crippen LogP contribution in [0.1, 0.15) is 0 Å². The first-order valence-electron chi connectivity index (χ1n) is 0.698. The van der Waals surface area contributed by atoms with Crippen molar-refractivity contribution in [3.63, 3.8) is 0 Å². The van der Waals surface area contributed by atoms with Crippen LogP contribution in [0.5, 0.6) is 0 Å². The van der Waals surface area contributed by atoms with Crippen LogP contribution < -0.4 is 0 Å². The maximum Gasteiger partial charge on any atom is 0 e. The minimum atomic E-state index is -5.25. The first kappa shape index (κ1) is 9.89. The molecule has 0 aromatic carbocycles. The quantitative estimate of drug-likeness (QED) is 0.448. The molecular weight excluding hydrogens is 191 g/mol.